The molecule has 0 saturated carbocycles. The summed E-state index contributed by atoms with van der Waals surface area (Å²) >= 11 is 5.61. The highest BCUT2D eigenvalue weighted by Gasteiger charge is 2.13. The Morgan fingerprint density at radius 2 is 2.17 bits per heavy atom. The van der Waals surface area contributed by atoms with Crippen LogP contribution >= 0.6 is 11.6 Å². The summed E-state index contributed by atoms with van der Waals surface area (Å²) in [7, 11) is 0. The van der Waals surface area contributed by atoms with Crippen LogP contribution in [0.25, 0.3) is 0 Å². The number of hydrogen-bond donors (Lipinski definition) is 1. The number of halogens is 1. The van der Waals surface area contributed by atoms with E-state index in [1.807, 2.05) is 0 Å². The normalized spacial score (nSPS) is 9.83. The van der Waals surface area contributed by atoms with Gasteiger partial charge in [-0.05, 0) is 18.6 Å². The fourth-order valence-electron chi connectivity index (χ4n) is 0.888. The van der Waals surface area contributed by atoms with Gasteiger partial charge in [0.15, 0.2) is 0 Å². The summed E-state index contributed by atoms with van der Waals surface area (Å²) in [5.74, 6) is 0. The summed E-state index contributed by atoms with van der Waals surface area (Å²) in [5, 5.41) is 10.7. The molecule has 64 valence electrons. The molecule has 1 aromatic rings. The zero-order valence-electron chi connectivity index (χ0n) is 6.37. The van der Waals surface area contributed by atoms with E-state index in [2.05, 4.69) is 0 Å². The zero-order valence-corrected chi connectivity index (χ0v) is 7.13. The largest absolute Gasteiger partial charge is 0.393 e. The molecule has 0 spiro atoms. The number of nitrogen functional groups attached to an aromatic ring is 1. The average Bonchev–Trinajstić information content (AvgIpc) is 1.96. The lowest BCUT2D eigenvalue weighted by Gasteiger charge is -2.00. The molecule has 0 saturated heterocycles. The fourth-order valence-corrected chi connectivity index (χ4v) is 1.15. The van der Waals surface area contributed by atoms with Gasteiger partial charge in [0.25, 0.3) is 5.69 Å². The minimum absolute atomic E-state index is 0.139. The number of nitro benzene ring substituents is 1. The van der Waals surface area contributed by atoms with Crippen molar-refractivity contribution in [2.24, 2.45) is 0 Å². The molecule has 5 heteroatoms. The second-order valence-electron chi connectivity index (χ2n) is 2.41. The van der Waals surface area contributed by atoms with E-state index in [-0.39, 0.29) is 11.4 Å². The van der Waals surface area contributed by atoms with Gasteiger partial charge in [-0.1, -0.05) is 11.6 Å². The molecular weight excluding hydrogens is 180 g/mol. The maximum absolute atomic E-state index is 10.4. The summed E-state index contributed by atoms with van der Waals surface area (Å²) in [6, 6.07) is 2.83. The van der Waals surface area contributed by atoms with Crippen molar-refractivity contribution in [3.8, 4) is 0 Å². The van der Waals surface area contributed by atoms with E-state index in [9.17, 15) is 10.1 Å². The van der Waals surface area contributed by atoms with E-state index in [1.165, 1.54) is 6.07 Å². The molecule has 0 atom stereocenters. The van der Waals surface area contributed by atoms with Crippen LogP contribution in [0.3, 0.4) is 0 Å². The molecule has 0 aliphatic heterocycles. The van der Waals surface area contributed by atoms with Gasteiger partial charge in [0.05, 0.1) is 4.92 Å². The third kappa shape index (κ3) is 1.48. The maximum Gasteiger partial charge on any atom is 0.293 e. The van der Waals surface area contributed by atoms with Crippen molar-refractivity contribution in [1.29, 1.82) is 0 Å². The number of nitro groups is 1. The van der Waals surface area contributed by atoms with Gasteiger partial charge in [-0.15, -0.1) is 0 Å². The lowest BCUT2D eigenvalue weighted by molar-refractivity contribution is -0.383. The van der Waals surface area contributed by atoms with Gasteiger partial charge in [-0.2, -0.15) is 0 Å². The molecule has 0 radical (unpaired) electrons. The second-order valence-corrected chi connectivity index (χ2v) is 2.85. The topological polar surface area (TPSA) is 69.2 Å². The number of rotatable bonds is 1. The standard InChI is InChI=1S/C7H7ClN2O2/c1-4-2-5(8)3-6(7(4)9)10(11)12/h2-3H,9H2,1H3. The Morgan fingerprint density at radius 1 is 1.58 bits per heavy atom. The molecule has 0 fully saturated rings. The van der Waals surface area contributed by atoms with Crippen molar-refractivity contribution in [2.45, 2.75) is 6.92 Å². The highest BCUT2D eigenvalue weighted by atomic mass is 35.5. The lowest BCUT2D eigenvalue weighted by atomic mass is 10.2. The van der Waals surface area contributed by atoms with Crippen molar-refractivity contribution in [3.05, 3.63) is 32.8 Å². The van der Waals surface area contributed by atoms with Crippen LogP contribution in [0, 0.1) is 17.0 Å². The van der Waals surface area contributed by atoms with E-state index < -0.39 is 4.92 Å². The van der Waals surface area contributed by atoms with Crippen LogP contribution < -0.4 is 5.73 Å². The molecule has 0 heterocycles. The van der Waals surface area contributed by atoms with Crippen LogP contribution in [-0.4, -0.2) is 4.92 Å². The number of nitrogens with zero attached hydrogens (tertiary/aromatic N) is 1. The zero-order chi connectivity index (χ0) is 9.30. The third-order valence-electron chi connectivity index (χ3n) is 1.53. The average molecular weight is 187 g/mol. The van der Waals surface area contributed by atoms with Crippen molar-refractivity contribution < 1.29 is 4.92 Å². The van der Waals surface area contributed by atoms with E-state index in [1.54, 1.807) is 13.0 Å². The first kappa shape index (κ1) is 8.80. The minimum atomic E-state index is -0.547. The summed E-state index contributed by atoms with van der Waals surface area (Å²) in [6.07, 6.45) is 0. The number of anilines is 1. The van der Waals surface area contributed by atoms with Crippen molar-refractivity contribution >= 4 is 23.0 Å². The van der Waals surface area contributed by atoms with Gasteiger partial charge in [-0.3, -0.25) is 10.1 Å². The first-order valence-corrected chi connectivity index (χ1v) is 3.60. The van der Waals surface area contributed by atoms with Crippen LogP contribution in [0.2, 0.25) is 5.02 Å². The van der Waals surface area contributed by atoms with Crippen molar-refractivity contribution in [2.75, 3.05) is 5.73 Å². The Balaban J connectivity index is 3.37. The molecule has 0 bridgehead atoms. The second kappa shape index (κ2) is 2.98. The predicted octanol–water partition coefficient (Wildman–Crippen LogP) is 2.14. The molecule has 0 aliphatic carbocycles. The van der Waals surface area contributed by atoms with E-state index in [0.717, 1.165) is 0 Å². The van der Waals surface area contributed by atoms with Gasteiger partial charge in [0.2, 0.25) is 0 Å². The Hall–Kier alpha value is -1.29. The van der Waals surface area contributed by atoms with Crippen LogP contribution in [-0.2, 0) is 0 Å². The Labute approximate surface area is 74.1 Å². The SMILES string of the molecule is Cc1cc(Cl)cc([N+](=O)[O-])c1N. The molecule has 12 heavy (non-hydrogen) atoms. The maximum atomic E-state index is 10.4. The number of hydrogen-bond acceptors (Lipinski definition) is 3. The molecule has 0 unspecified atom stereocenters. The van der Waals surface area contributed by atoms with Crippen molar-refractivity contribution in [1.82, 2.24) is 0 Å². The minimum Gasteiger partial charge on any atom is -0.393 e. The summed E-state index contributed by atoms with van der Waals surface area (Å²) in [5.41, 5.74) is 6.10. The predicted molar refractivity (Wildman–Crippen MR) is 47.3 cm³/mol. The van der Waals surface area contributed by atoms with E-state index in [0.29, 0.717) is 10.6 Å². The highest BCUT2D eigenvalue weighted by molar-refractivity contribution is 6.31. The molecule has 1 aromatic carbocycles. The number of nitrogens with two attached hydrogens (primary N) is 1. The lowest BCUT2D eigenvalue weighted by Crippen LogP contribution is -1.97. The van der Waals surface area contributed by atoms with Crippen LogP contribution in [0.1, 0.15) is 5.56 Å². The molecular formula is C7H7ClN2O2. The van der Waals surface area contributed by atoms with Gasteiger partial charge < -0.3 is 5.73 Å². The van der Waals surface area contributed by atoms with Crippen molar-refractivity contribution in [3.63, 3.8) is 0 Å². The number of aryl methyl sites for hydroxylation is 1. The van der Waals surface area contributed by atoms with Gasteiger partial charge in [-0.25, -0.2) is 0 Å². The molecule has 0 aromatic heterocycles. The smallest absolute Gasteiger partial charge is 0.293 e. The van der Waals surface area contributed by atoms with Gasteiger partial charge in [0.1, 0.15) is 5.69 Å². The Kier molecular flexibility index (Phi) is 2.19. The molecule has 0 amide bonds. The molecule has 0 aliphatic rings. The van der Waals surface area contributed by atoms with Crippen LogP contribution in [0.15, 0.2) is 12.1 Å². The van der Waals surface area contributed by atoms with Gasteiger partial charge >= 0.3 is 0 Å². The van der Waals surface area contributed by atoms with E-state index >= 15 is 0 Å². The summed E-state index contributed by atoms with van der Waals surface area (Å²) in [6.45, 7) is 1.67. The quantitative estimate of drug-likeness (QED) is 0.415. The van der Waals surface area contributed by atoms with E-state index in [4.69, 9.17) is 17.3 Å². The third-order valence-corrected chi connectivity index (χ3v) is 1.74. The first-order chi connectivity index (χ1) is 5.52. The Bertz CT molecular complexity index is 338. The van der Waals surface area contributed by atoms with Crippen LogP contribution in [0.5, 0.6) is 0 Å². The fraction of sp³-hybridized carbons (Fsp3) is 0.143. The molecule has 2 N–H and O–H groups in total. The molecule has 4 nitrogen and oxygen atoms in total. The molecule has 1 rings (SSSR count). The first-order valence-electron chi connectivity index (χ1n) is 3.22. The Morgan fingerprint density at radius 3 is 2.67 bits per heavy atom. The summed E-state index contributed by atoms with van der Waals surface area (Å²) < 4.78 is 0. The number of benzene rings is 1. The highest BCUT2D eigenvalue weighted by Crippen LogP contribution is 2.28. The van der Waals surface area contributed by atoms with Crippen LogP contribution in [0.4, 0.5) is 11.4 Å². The monoisotopic (exact) mass is 186 g/mol. The summed E-state index contributed by atoms with van der Waals surface area (Å²) in [4.78, 5) is 9.85. The van der Waals surface area contributed by atoms with Gasteiger partial charge in [0, 0.05) is 11.1 Å².